The summed E-state index contributed by atoms with van der Waals surface area (Å²) in [5, 5.41) is 11.6. The first-order chi connectivity index (χ1) is 8.10. The highest BCUT2D eigenvalue weighted by atomic mass is 16.6. The number of amides is 1. The third-order valence-electron chi connectivity index (χ3n) is 2.93. The zero-order valence-electron chi connectivity index (χ0n) is 10.3. The van der Waals surface area contributed by atoms with Crippen LogP contribution in [-0.2, 0) is 4.74 Å². The maximum absolute atomic E-state index is 11.5. The first-order valence-electron chi connectivity index (χ1n) is 5.73. The monoisotopic (exact) mass is 244 g/mol. The van der Waals surface area contributed by atoms with Gasteiger partial charge >= 0.3 is 6.09 Å². The van der Waals surface area contributed by atoms with Crippen molar-refractivity contribution in [3.8, 4) is 0 Å². The normalized spacial score (nSPS) is 20.1. The number of piperazine rings is 1. The Kier molecular flexibility index (Phi) is 5.02. The topological polar surface area (TPSA) is 91.4 Å². The Morgan fingerprint density at radius 3 is 2.53 bits per heavy atom. The number of nitrogens with zero attached hydrogens (tertiary/aromatic N) is 3. The molecule has 1 saturated heterocycles. The number of carbonyl (C=O) groups is 1. The minimum Gasteiger partial charge on any atom is -0.450 e. The third kappa shape index (κ3) is 3.48. The Balaban J connectivity index is 2.43. The second-order valence-corrected chi connectivity index (χ2v) is 3.92. The van der Waals surface area contributed by atoms with Crippen LogP contribution < -0.4 is 5.73 Å². The van der Waals surface area contributed by atoms with E-state index in [2.05, 4.69) is 10.1 Å². The van der Waals surface area contributed by atoms with Crippen LogP contribution in [0.3, 0.4) is 0 Å². The lowest BCUT2D eigenvalue weighted by Gasteiger charge is -2.36. The standard InChI is InChI=1S/C10H20N4O3/c1-3-17-10(15)14-6-4-13(5-7-14)8(2)9(11)12-16/h8,16H,3-7H2,1-2H3,(H2,11,12). The molecule has 1 fully saturated rings. The van der Waals surface area contributed by atoms with Gasteiger partial charge in [0, 0.05) is 26.2 Å². The van der Waals surface area contributed by atoms with Crippen LogP contribution in [0.25, 0.3) is 0 Å². The molecular weight excluding hydrogens is 224 g/mol. The summed E-state index contributed by atoms with van der Waals surface area (Å²) in [4.78, 5) is 15.2. The molecule has 1 rings (SSSR count). The molecule has 0 bridgehead atoms. The van der Waals surface area contributed by atoms with Gasteiger partial charge in [-0.15, -0.1) is 0 Å². The van der Waals surface area contributed by atoms with Crippen LogP contribution >= 0.6 is 0 Å². The molecule has 0 aliphatic carbocycles. The van der Waals surface area contributed by atoms with Gasteiger partial charge in [0.05, 0.1) is 12.6 Å². The molecule has 7 heteroatoms. The Bertz CT molecular complexity index is 287. The summed E-state index contributed by atoms with van der Waals surface area (Å²) in [5.74, 6) is 0.189. The van der Waals surface area contributed by atoms with E-state index in [1.807, 2.05) is 6.92 Å². The van der Waals surface area contributed by atoms with Crippen LogP contribution in [0.15, 0.2) is 5.16 Å². The summed E-state index contributed by atoms with van der Waals surface area (Å²) in [7, 11) is 0. The van der Waals surface area contributed by atoms with Crippen molar-refractivity contribution in [3.05, 3.63) is 0 Å². The second-order valence-electron chi connectivity index (χ2n) is 3.92. The van der Waals surface area contributed by atoms with E-state index in [-0.39, 0.29) is 18.0 Å². The van der Waals surface area contributed by atoms with Crippen LogP contribution in [-0.4, -0.2) is 65.8 Å². The fourth-order valence-electron chi connectivity index (χ4n) is 1.78. The molecule has 1 aliphatic heterocycles. The van der Waals surface area contributed by atoms with Gasteiger partial charge in [0.25, 0.3) is 0 Å². The van der Waals surface area contributed by atoms with Crippen molar-refractivity contribution in [2.45, 2.75) is 19.9 Å². The molecule has 1 heterocycles. The SMILES string of the molecule is CCOC(=O)N1CCN(C(C)C(N)=NO)CC1. The molecule has 1 aliphatic rings. The zero-order chi connectivity index (χ0) is 12.8. The molecule has 0 aromatic heterocycles. The summed E-state index contributed by atoms with van der Waals surface area (Å²) in [5.41, 5.74) is 5.54. The van der Waals surface area contributed by atoms with Crippen molar-refractivity contribution < 1.29 is 14.7 Å². The van der Waals surface area contributed by atoms with Crippen molar-refractivity contribution in [2.24, 2.45) is 10.9 Å². The van der Waals surface area contributed by atoms with Crippen molar-refractivity contribution in [3.63, 3.8) is 0 Å². The number of ether oxygens (including phenoxy) is 1. The molecule has 0 radical (unpaired) electrons. The Morgan fingerprint density at radius 1 is 1.47 bits per heavy atom. The number of rotatable bonds is 3. The van der Waals surface area contributed by atoms with Crippen LogP contribution in [0.4, 0.5) is 4.79 Å². The van der Waals surface area contributed by atoms with Gasteiger partial charge in [-0.25, -0.2) is 4.79 Å². The molecular formula is C10H20N4O3. The van der Waals surface area contributed by atoms with Gasteiger partial charge in [-0.1, -0.05) is 5.16 Å². The van der Waals surface area contributed by atoms with Gasteiger partial charge in [-0.3, -0.25) is 4.90 Å². The highest BCUT2D eigenvalue weighted by molar-refractivity contribution is 5.84. The van der Waals surface area contributed by atoms with Crippen LogP contribution in [0.1, 0.15) is 13.8 Å². The van der Waals surface area contributed by atoms with E-state index >= 15 is 0 Å². The van der Waals surface area contributed by atoms with Crippen LogP contribution in [0.5, 0.6) is 0 Å². The Hall–Kier alpha value is -1.50. The van der Waals surface area contributed by atoms with Gasteiger partial charge in [-0.2, -0.15) is 0 Å². The summed E-state index contributed by atoms with van der Waals surface area (Å²) in [6.45, 7) is 6.62. The minimum atomic E-state index is -0.274. The quantitative estimate of drug-likeness (QED) is 0.313. The molecule has 0 aromatic rings. The molecule has 1 amide bonds. The third-order valence-corrected chi connectivity index (χ3v) is 2.93. The molecule has 98 valence electrons. The van der Waals surface area contributed by atoms with Gasteiger partial charge < -0.3 is 20.6 Å². The predicted molar refractivity (Wildman–Crippen MR) is 63.0 cm³/mol. The molecule has 17 heavy (non-hydrogen) atoms. The first kappa shape index (κ1) is 13.6. The lowest BCUT2D eigenvalue weighted by molar-refractivity contribution is 0.0758. The molecule has 1 atom stereocenters. The Morgan fingerprint density at radius 2 is 2.06 bits per heavy atom. The predicted octanol–water partition coefficient (Wildman–Crippen LogP) is -0.105. The number of amidine groups is 1. The second kappa shape index (κ2) is 6.29. The fourth-order valence-corrected chi connectivity index (χ4v) is 1.78. The molecule has 3 N–H and O–H groups in total. The van der Waals surface area contributed by atoms with Crippen LogP contribution in [0, 0.1) is 0 Å². The van der Waals surface area contributed by atoms with Crippen LogP contribution in [0.2, 0.25) is 0 Å². The summed E-state index contributed by atoms with van der Waals surface area (Å²) in [6.07, 6.45) is -0.274. The van der Waals surface area contributed by atoms with Gasteiger partial charge in [0.1, 0.15) is 0 Å². The first-order valence-corrected chi connectivity index (χ1v) is 5.73. The van der Waals surface area contributed by atoms with E-state index in [1.165, 1.54) is 0 Å². The number of hydrogen-bond donors (Lipinski definition) is 2. The van der Waals surface area contributed by atoms with E-state index in [1.54, 1.807) is 11.8 Å². The molecule has 0 saturated carbocycles. The van der Waals surface area contributed by atoms with Gasteiger partial charge in [0.2, 0.25) is 0 Å². The van der Waals surface area contributed by atoms with Gasteiger partial charge in [-0.05, 0) is 13.8 Å². The van der Waals surface area contributed by atoms with E-state index in [4.69, 9.17) is 15.7 Å². The maximum Gasteiger partial charge on any atom is 0.409 e. The van der Waals surface area contributed by atoms with Crippen molar-refractivity contribution in [1.82, 2.24) is 9.80 Å². The smallest absolute Gasteiger partial charge is 0.409 e. The minimum absolute atomic E-state index is 0.121. The van der Waals surface area contributed by atoms with E-state index < -0.39 is 0 Å². The molecule has 0 aromatic carbocycles. The highest BCUT2D eigenvalue weighted by Crippen LogP contribution is 2.07. The lowest BCUT2D eigenvalue weighted by Crippen LogP contribution is -2.54. The molecule has 1 unspecified atom stereocenters. The number of oxime groups is 1. The van der Waals surface area contributed by atoms with E-state index in [9.17, 15) is 4.79 Å². The summed E-state index contributed by atoms with van der Waals surface area (Å²) in [6, 6.07) is -0.121. The number of carbonyl (C=O) groups excluding carboxylic acids is 1. The van der Waals surface area contributed by atoms with Gasteiger partial charge in [0.15, 0.2) is 5.84 Å². The zero-order valence-corrected chi connectivity index (χ0v) is 10.3. The van der Waals surface area contributed by atoms with Crippen molar-refractivity contribution >= 4 is 11.9 Å². The van der Waals surface area contributed by atoms with Crippen molar-refractivity contribution in [1.29, 1.82) is 0 Å². The average molecular weight is 244 g/mol. The average Bonchev–Trinajstić information content (AvgIpc) is 2.37. The van der Waals surface area contributed by atoms with E-state index in [0.717, 1.165) is 0 Å². The number of hydrogen-bond acceptors (Lipinski definition) is 5. The Labute approximate surface area is 101 Å². The highest BCUT2D eigenvalue weighted by Gasteiger charge is 2.26. The summed E-state index contributed by atoms with van der Waals surface area (Å²) >= 11 is 0. The number of nitrogens with two attached hydrogens (primary N) is 1. The fraction of sp³-hybridized carbons (Fsp3) is 0.800. The van der Waals surface area contributed by atoms with Crippen molar-refractivity contribution in [2.75, 3.05) is 32.8 Å². The molecule has 0 spiro atoms. The van der Waals surface area contributed by atoms with E-state index in [0.29, 0.717) is 32.8 Å². The largest absolute Gasteiger partial charge is 0.450 e. The molecule has 7 nitrogen and oxygen atoms in total. The summed E-state index contributed by atoms with van der Waals surface area (Å²) < 4.78 is 4.93. The maximum atomic E-state index is 11.5. The lowest BCUT2D eigenvalue weighted by atomic mass is 10.2.